The molecule has 3 aromatic heterocycles. The third-order valence-corrected chi connectivity index (χ3v) is 6.06. The van der Waals surface area contributed by atoms with E-state index >= 15 is 0 Å². The van der Waals surface area contributed by atoms with Gasteiger partial charge in [-0.25, -0.2) is 4.37 Å². The molecule has 8 heteroatoms. The molecule has 4 rings (SSSR count). The van der Waals surface area contributed by atoms with Gasteiger partial charge in [0.25, 0.3) is 5.91 Å². The van der Waals surface area contributed by atoms with Gasteiger partial charge in [0.2, 0.25) is 5.69 Å². The lowest BCUT2D eigenvalue weighted by Gasteiger charge is -2.14. The number of hydrogen-bond donors (Lipinski definition) is 1. The van der Waals surface area contributed by atoms with Crippen LogP contribution in [-0.4, -0.2) is 10.3 Å². The first kappa shape index (κ1) is 15.1. The number of pyridine rings is 1. The van der Waals surface area contributed by atoms with Crippen molar-refractivity contribution in [3.05, 3.63) is 51.4 Å². The zero-order valence-electron chi connectivity index (χ0n) is 12.7. The van der Waals surface area contributed by atoms with Gasteiger partial charge in [0.15, 0.2) is 17.0 Å². The van der Waals surface area contributed by atoms with Crippen LogP contribution in [0.2, 0.25) is 0 Å². The number of amides is 1. The van der Waals surface area contributed by atoms with Crippen LogP contribution in [0.4, 0.5) is 0 Å². The van der Waals surface area contributed by atoms with Crippen molar-refractivity contribution in [3.63, 3.8) is 0 Å². The molecule has 0 radical (unpaired) electrons. The number of carbonyl (C=O) groups is 1. The molecule has 3 aromatic rings. The zero-order valence-corrected chi connectivity index (χ0v) is 14.4. The number of ether oxygens (including phenoxy) is 1. The average Bonchev–Trinajstić information content (AvgIpc) is 3.15. The van der Waals surface area contributed by atoms with Crippen LogP contribution < -0.4 is 15.2 Å². The molecule has 0 aromatic carbocycles. The third kappa shape index (κ3) is 2.26. The zero-order chi connectivity index (χ0) is 16.8. The fraction of sp³-hybridized carbons (Fsp3) is 0.188. The SMILES string of the molecule is Cc1c(Oc2sc(C(N)=O)c3c2-c2sncc2CC3)ccc[n+]1[O-]. The van der Waals surface area contributed by atoms with Crippen LogP contribution >= 0.6 is 22.9 Å². The van der Waals surface area contributed by atoms with Gasteiger partial charge in [0.1, 0.15) is 0 Å². The molecule has 0 aliphatic heterocycles. The Morgan fingerprint density at radius 2 is 2.29 bits per heavy atom. The number of rotatable bonds is 3. The second-order valence-electron chi connectivity index (χ2n) is 5.50. The highest BCUT2D eigenvalue weighted by molar-refractivity contribution is 7.17. The average molecular weight is 359 g/mol. The number of aromatic nitrogens is 2. The molecule has 0 saturated carbocycles. The van der Waals surface area contributed by atoms with Crippen molar-refractivity contribution in [2.75, 3.05) is 0 Å². The summed E-state index contributed by atoms with van der Waals surface area (Å²) in [5.41, 5.74) is 8.96. The number of thiophene rings is 1. The molecule has 0 fully saturated rings. The van der Waals surface area contributed by atoms with E-state index in [1.807, 2.05) is 6.20 Å². The van der Waals surface area contributed by atoms with Gasteiger partial charge in [-0.3, -0.25) is 4.79 Å². The van der Waals surface area contributed by atoms with E-state index in [1.54, 1.807) is 19.1 Å². The predicted molar refractivity (Wildman–Crippen MR) is 91.6 cm³/mol. The normalized spacial score (nSPS) is 12.5. The summed E-state index contributed by atoms with van der Waals surface area (Å²) < 4.78 is 11.0. The second kappa shape index (κ2) is 5.57. The largest absolute Gasteiger partial charge is 0.618 e. The van der Waals surface area contributed by atoms with Crippen molar-refractivity contribution in [1.82, 2.24) is 4.37 Å². The second-order valence-corrected chi connectivity index (χ2v) is 7.29. The number of nitrogens with two attached hydrogens (primary N) is 1. The summed E-state index contributed by atoms with van der Waals surface area (Å²) in [6.45, 7) is 1.69. The van der Waals surface area contributed by atoms with Gasteiger partial charge in [-0.1, -0.05) is 11.3 Å². The van der Waals surface area contributed by atoms with Gasteiger partial charge in [-0.15, -0.1) is 0 Å². The van der Waals surface area contributed by atoms with Crippen LogP contribution in [0, 0.1) is 12.1 Å². The van der Waals surface area contributed by atoms with E-state index in [0.717, 1.165) is 39.1 Å². The Hall–Kier alpha value is -2.45. The topological polar surface area (TPSA) is 92.2 Å². The van der Waals surface area contributed by atoms with Crippen molar-refractivity contribution in [2.24, 2.45) is 5.73 Å². The first-order valence-corrected chi connectivity index (χ1v) is 8.91. The molecule has 0 saturated heterocycles. The summed E-state index contributed by atoms with van der Waals surface area (Å²) in [5.74, 6) is 0.00643. The molecule has 3 heterocycles. The molecule has 122 valence electrons. The highest BCUT2D eigenvalue weighted by atomic mass is 32.1. The van der Waals surface area contributed by atoms with Gasteiger partial charge in [-0.05, 0) is 41.6 Å². The van der Waals surface area contributed by atoms with E-state index in [2.05, 4.69) is 4.37 Å². The fourth-order valence-electron chi connectivity index (χ4n) is 2.84. The summed E-state index contributed by atoms with van der Waals surface area (Å²) >= 11 is 2.61. The van der Waals surface area contributed by atoms with Crippen LogP contribution in [0.3, 0.4) is 0 Å². The predicted octanol–water partition coefficient (Wildman–Crippen LogP) is 2.80. The summed E-state index contributed by atoms with van der Waals surface area (Å²) in [4.78, 5) is 13.3. The fourth-order valence-corrected chi connectivity index (χ4v) is 4.84. The number of primary amides is 1. The Balaban J connectivity index is 1.88. The number of fused-ring (bicyclic) bond motifs is 3. The van der Waals surface area contributed by atoms with Crippen LogP contribution in [-0.2, 0) is 12.8 Å². The third-order valence-electron chi connectivity index (χ3n) is 4.07. The number of nitrogens with zero attached hydrogens (tertiary/aromatic N) is 2. The minimum atomic E-state index is -0.456. The number of carbonyl (C=O) groups excluding carboxylic acids is 1. The molecule has 1 aliphatic carbocycles. The van der Waals surface area contributed by atoms with E-state index in [9.17, 15) is 10.0 Å². The van der Waals surface area contributed by atoms with E-state index in [0.29, 0.717) is 21.4 Å². The van der Waals surface area contributed by atoms with Gasteiger partial charge in [-0.2, -0.15) is 4.73 Å². The molecular formula is C16H13N3O3S2. The number of aryl methyl sites for hydroxylation is 1. The smallest absolute Gasteiger partial charge is 0.259 e. The maximum Gasteiger partial charge on any atom is 0.259 e. The van der Waals surface area contributed by atoms with Gasteiger partial charge in [0.05, 0.1) is 15.3 Å². The van der Waals surface area contributed by atoms with Crippen molar-refractivity contribution in [1.29, 1.82) is 0 Å². The molecule has 2 N–H and O–H groups in total. The van der Waals surface area contributed by atoms with Crippen molar-refractivity contribution in [3.8, 4) is 21.3 Å². The Morgan fingerprint density at radius 1 is 1.46 bits per heavy atom. The van der Waals surface area contributed by atoms with E-state index < -0.39 is 5.91 Å². The maximum absolute atomic E-state index is 11.8. The molecule has 0 bridgehead atoms. The highest BCUT2D eigenvalue weighted by Crippen LogP contribution is 2.49. The van der Waals surface area contributed by atoms with E-state index in [-0.39, 0.29) is 0 Å². The monoisotopic (exact) mass is 359 g/mol. The molecule has 1 aliphatic rings. The van der Waals surface area contributed by atoms with Crippen LogP contribution in [0.15, 0.2) is 24.5 Å². The van der Waals surface area contributed by atoms with Crippen LogP contribution in [0.1, 0.15) is 26.5 Å². The van der Waals surface area contributed by atoms with E-state index in [1.165, 1.54) is 29.1 Å². The lowest BCUT2D eigenvalue weighted by Crippen LogP contribution is -2.29. The van der Waals surface area contributed by atoms with Gasteiger partial charge in [0, 0.05) is 19.2 Å². The Bertz CT molecular complexity index is 962. The molecule has 0 atom stereocenters. The number of hydrogen-bond acceptors (Lipinski definition) is 6. The maximum atomic E-state index is 11.8. The summed E-state index contributed by atoms with van der Waals surface area (Å²) in [5, 5.41) is 12.3. The standard InChI is InChI=1S/C16H13N3O3S2/c1-8-11(3-2-6-19(8)21)22-16-12-10(14(23-16)15(17)20)5-4-9-7-18-24-13(9)12/h2-3,6-7H,4-5H2,1H3,(H2,17,20). The summed E-state index contributed by atoms with van der Waals surface area (Å²) in [6, 6.07) is 3.36. The van der Waals surface area contributed by atoms with Gasteiger partial charge >= 0.3 is 0 Å². The minimum Gasteiger partial charge on any atom is -0.618 e. The first-order valence-electron chi connectivity index (χ1n) is 7.32. The molecular weight excluding hydrogens is 346 g/mol. The van der Waals surface area contributed by atoms with Crippen molar-refractivity contribution >= 4 is 28.8 Å². The lowest BCUT2D eigenvalue weighted by atomic mass is 9.93. The molecule has 0 unspecified atom stereocenters. The summed E-state index contributed by atoms with van der Waals surface area (Å²) in [7, 11) is 0. The lowest BCUT2D eigenvalue weighted by molar-refractivity contribution is -0.612. The Kier molecular flexibility index (Phi) is 3.50. The van der Waals surface area contributed by atoms with Crippen LogP contribution in [0.5, 0.6) is 10.8 Å². The van der Waals surface area contributed by atoms with Crippen LogP contribution in [0.25, 0.3) is 10.4 Å². The van der Waals surface area contributed by atoms with E-state index in [4.69, 9.17) is 10.5 Å². The minimum absolute atomic E-state index is 0.456. The molecule has 0 spiro atoms. The summed E-state index contributed by atoms with van der Waals surface area (Å²) in [6.07, 6.45) is 4.84. The Morgan fingerprint density at radius 3 is 3.08 bits per heavy atom. The highest BCUT2D eigenvalue weighted by Gasteiger charge is 2.30. The Labute approximate surface area is 145 Å². The molecule has 6 nitrogen and oxygen atoms in total. The quantitative estimate of drug-likeness (QED) is 0.575. The molecule has 24 heavy (non-hydrogen) atoms. The van der Waals surface area contributed by atoms with Crippen molar-refractivity contribution in [2.45, 2.75) is 19.8 Å². The first-order chi connectivity index (χ1) is 11.6. The van der Waals surface area contributed by atoms with Gasteiger partial charge < -0.3 is 15.7 Å². The van der Waals surface area contributed by atoms with Crippen molar-refractivity contribution < 1.29 is 14.3 Å². The molecule has 1 amide bonds.